The number of aliphatic hydroxyl groups excluding tert-OH is 1. The van der Waals surface area contributed by atoms with E-state index in [1.807, 2.05) is 0 Å². The molecule has 0 radical (unpaired) electrons. The monoisotopic (exact) mass is 252 g/mol. The van der Waals surface area contributed by atoms with Crippen LogP contribution in [0.15, 0.2) is 12.2 Å². The third-order valence-corrected chi connectivity index (χ3v) is 5.47. The molecule has 3 heteroatoms. The maximum atomic E-state index is 11.1. The Labute approximate surface area is 109 Å². The van der Waals surface area contributed by atoms with Gasteiger partial charge in [-0.15, -0.1) is 0 Å². The van der Waals surface area contributed by atoms with Gasteiger partial charge < -0.3 is 10.2 Å². The van der Waals surface area contributed by atoms with Crippen LogP contribution in [-0.4, -0.2) is 22.3 Å². The van der Waals surface area contributed by atoms with Gasteiger partial charge in [0.05, 0.1) is 6.10 Å². The molecule has 0 saturated heterocycles. The van der Waals surface area contributed by atoms with E-state index in [9.17, 15) is 9.90 Å². The Bertz CT molecular complexity index is 363. The number of aliphatic hydroxyl groups is 1. The van der Waals surface area contributed by atoms with Gasteiger partial charge in [0.15, 0.2) is 0 Å². The molecule has 0 spiro atoms. The van der Waals surface area contributed by atoms with Gasteiger partial charge in [0.2, 0.25) is 0 Å². The third kappa shape index (κ3) is 2.09. The summed E-state index contributed by atoms with van der Waals surface area (Å²) in [5, 5.41) is 19.4. The normalized spacial score (nSPS) is 44.2. The molecule has 0 aromatic carbocycles. The zero-order chi connectivity index (χ0) is 13.5. The largest absolute Gasteiger partial charge is 0.478 e. The second-order valence-electron chi connectivity index (χ2n) is 6.49. The first-order chi connectivity index (χ1) is 8.36. The molecule has 0 aromatic heterocycles. The summed E-state index contributed by atoms with van der Waals surface area (Å²) in [5.41, 5.74) is 0.196. The highest BCUT2D eigenvalue weighted by Crippen LogP contribution is 2.55. The van der Waals surface area contributed by atoms with Crippen molar-refractivity contribution in [2.24, 2.45) is 23.2 Å². The Kier molecular flexibility index (Phi) is 3.54. The van der Waals surface area contributed by atoms with Gasteiger partial charge in [-0.05, 0) is 55.3 Å². The Morgan fingerprint density at radius 1 is 1.28 bits per heavy atom. The molecule has 2 rings (SSSR count). The lowest BCUT2D eigenvalue weighted by Crippen LogP contribution is -2.36. The molecule has 2 fully saturated rings. The van der Waals surface area contributed by atoms with Crippen LogP contribution in [0.1, 0.15) is 46.0 Å². The number of fused-ring (bicyclic) bond motifs is 1. The molecule has 0 bridgehead atoms. The molecule has 2 N–H and O–H groups in total. The number of hydrogen-bond acceptors (Lipinski definition) is 2. The molecule has 0 aliphatic heterocycles. The molecular weight excluding hydrogens is 228 g/mol. The summed E-state index contributed by atoms with van der Waals surface area (Å²) in [6.45, 7) is 8.11. The van der Waals surface area contributed by atoms with Crippen LogP contribution in [0.2, 0.25) is 0 Å². The fourth-order valence-electron chi connectivity index (χ4n) is 4.24. The first-order valence-electron chi connectivity index (χ1n) is 6.96. The zero-order valence-electron chi connectivity index (χ0n) is 11.4. The van der Waals surface area contributed by atoms with E-state index in [2.05, 4.69) is 20.4 Å². The van der Waals surface area contributed by atoms with Gasteiger partial charge in [-0.25, -0.2) is 4.79 Å². The van der Waals surface area contributed by atoms with Crippen LogP contribution in [0.5, 0.6) is 0 Å². The predicted octanol–water partition coefficient (Wildman–Crippen LogP) is 2.84. The Morgan fingerprint density at radius 2 is 1.94 bits per heavy atom. The molecule has 2 saturated carbocycles. The summed E-state index contributed by atoms with van der Waals surface area (Å²) < 4.78 is 0. The van der Waals surface area contributed by atoms with Crippen molar-refractivity contribution in [3.63, 3.8) is 0 Å². The minimum atomic E-state index is -0.887. The van der Waals surface area contributed by atoms with Crippen LogP contribution in [0.3, 0.4) is 0 Å². The van der Waals surface area contributed by atoms with Gasteiger partial charge in [-0.1, -0.05) is 20.4 Å². The van der Waals surface area contributed by atoms with Crippen LogP contribution >= 0.6 is 0 Å². The van der Waals surface area contributed by atoms with E-state index >= 15 is 0 Å². The molecule has 0 amide bonds. The molecule has 3 nitrogen and oxygen atoms in total. The topological polar surface area (TPSA) is 57.5 Å². The average molecular weight is 252 g/mol. The van der Waals surface area contributed by atoms with E-state index in [1.54, 1.807) is 0 Å². The first kappa shape index (κ1) is 13.6. The summed E-state index contributed by atoms with van der Waals surface area (Å²) in [6.07, 6.45) is 4.36. The number of carboxylic acids is 1. The van der Waals surface area contributed by atoms with Gasteiger partial charge in [0, 0.05) is 5.57 Å². The summed E-state index contributed by atoms with van der Waals surface area (Å²) in [7, 11) is 0. The van der Waals surface area contributed by atoms with E-state index in [0.717, 1.165) is 32.1 Å². The van der Waals surface area contributed by atoms with Gasteiger partial charge in [0.1, 0.15) is 0 Å². The summed E-state index contributed by atoms with van der Waals surface area (Å²) >= 11 is 0. The minimum Gasteiger partial charge on any atom is -0.478 e. The summed E-state index contributed by atoms with van der Waals surface area (Å²) in [5.74, 6) is 0.229. The number of rotatable bonds is 2. The summed E-state index contributed by atoms with van der Waals surface area (Å²) in [6, 6.07) is 0. The average Bonchev–Trinajstić information content (AvgIpc) is 2.52. The fourth-order valence-corrected chi connectivity index (χ4v) is 4.24. The third-order valence-electron chi connectivity index (χ3n) is 5.47. The molecule has 0 heterocycles. The highest BCUT2D eigenvalue weighted by atomic mass is 16.4. The molecule has 5 atom stereocenters. The van der Waals surface area contributed by atoms with Crippen LogP contribution in [0.4, 0.5) is 0 Å². The van der Waals surface area contributed by atoms with Crippen molar-refractivity contribution in [2.75, 3.05) is 0 Å². The number of carboxylic acid groups (broad SMARTS) is 1. The van der Waals surface area contributed by atoms with E-state index < -0.39 is 5.97 Å². The van der Waals surface area contributed by atoms with Gasteiger partial charge in [-0.3, -0.25) is 0 Å². The number of hydrogen-bond donors (Lipinski definition) is 2. The molecule has 2 aliphatic rings. The number of carbonyl (C=O) groups is 1. The van der Waals surface area contributed by atoms with Crippen molar-refractivity contribution < 1.29 is 15.0 Å². The van der Waals surface area contributed by atoms with E-state index in [4.69, 9.17) is 5.11 Å². The molecular formula is C15H24O3. The lowest BCUT2D eigenvalue weighted by Gasteiger charge is -2.37. The lowest BCUT2D eigenvalue weighted by atomic mass is 9.69. The molecule has 18 heavy (non-hydrogen) atoms. The second-order valence-corrected chi connectivity index (χ2v) is 6.49. The van der Waals surface area contributed by atoms with Crippen LogP contribution < -0.4 is 0 Å². The Hall–Kier alpha value is -0.830. The van der Waals surface area contributed by atoms with Gasteiger partial charge >= 0.3 is 5.97 Å². The Morgan fingerprint density at radius 3 is 2.56 bits per heavy atom. The standard InChI is InChI=1S/C15H24O3/c1-9-4-5-11(10(2)14(17)18)8-15(3)12(9)6-7-13(15)16/h9,11-13,16H,2,4-8H2,1,3H3,(H,17,18)/t9-,11?,12-,13-,15-/m0/s1. The van der Waals surface area contributed by atoms with Crippen molar-refractivity contribution >= 4 is 5.97 Å². The molecule has 0 aromatic rings. The predicted molar refractivity (Wildman–Crippen MR) is 70.1 cm³/mol. The molecule has 2 aliphatic carbocycles. The van der Waals surface area contributed by atoms with Gasteiger partial charge in [-0.2, -0.15) is 0 Å². The van der Waals surface area contributed by atoms with Crippen molar-refractivity contribution in [3.8, 4) is 0 Å². The van der Waals surface area contributed by atoms with Crippen LogP contribution in [-0.2, 0) is 4.79 Å². The van der Waals surface area contributed by atoms with E-state index in [1.165, 1.54) is 0 Å². The Balaban J connectivity index is 2.25. The maximum absolute atomic E-state index is 11.1. The summed E-state index contributed by atoms with van der Waals surface area (Å²) in [4.78, 5) is 11.1. The van der Waals surface area contributed by atoms with Crippen LogP contribution in [0, 0.1) is 23.2 Å². The molecule has 102 valence electrons. The van der Waals surface area contributed by atoms with Crippen molar-refractivity contribution in [3.05, 3.63) is 12.2 Å². The highest BCUT2D eigenvalue weighted by molar-refractivity contribution is 5.86. The lowest BCUT2D eigenvalue weighted by molar-refractivity contribution is -0.133. The first-order valence-corrected chi connectivity index (χ1v) is 6.96. The second kappa shape index (κ2) is 4.69. The van der Waals surface area contributed by atoms with Crippen molar-refractivity contribution in [1.82, 2.24) is 0 Å². The van der Waals surface area contributed by atoms with Crippen molar-refractivity contribution in [1.29, 1.82) is 0 Å². The highest BCUT2D eigenvalue weighted by Gasteiger charge is 2.50. The quantitative estimate of drug-likeness (QED) is 0.743. The molecule has 1 unspecified atom stereocenters. The smallest absolute Gasteiger partial charge is 0.331 e. The fraction of sp³-hybridized carbons (Fsp3) is 0.800. The number of aliphatic carboxylic acids is 1. The van der Waals surface area contributed by atoms with Crippen LogP contribution in [0.25, 0.3) is 0 Å². The maximum Gasteiger partial charge on any atom is 0.331 e. The van der Waals surface area contributed by atoms with E-state index in [-0.39, 0.29) is 17.4 Å². The van der Waals surface area contributed by atoms with Crippen molar-refractivity contribution in [2.45, 2.75) is 52.1 Å². The van der Waals surface area contributed by atoms with E-state index in [0.29, 0.717) is 17.4 Å². The minimum absolute atomic E-state index is 0.0210. The SMILES string of the molecule is C=C(C(=O)O)C1CC[C@H](C)[C@@H]2CC[C@H](O)[C@@]2(C)C1. The zero-order valence-corrected chi connectivity index (χ0v) is 11.4. The van der Waals surface area contributed by atoms with Gasteiger partial charge in [0.25, 0.3) is 0 Å².